The Bertz CT molecular complexity index is 1850. The van der Waals surface area contributed by atoms with Gasteiger partial charge in [-0.15, -0.1) is 0 Å². The summed E-state index contributed by atoms with van der Waals surface area (Å²) in [5, 5.41) is 11.3. The predicted molar refractivity (Wildman–Crippen MR) is 151 cm³/mol. The number of nitro benzene ring substituents is 1. The third-order valence-corrected chi connectivity index (χ3v) is 7.76. The van der Waals surface area contributed by atoms with E-state index >= 15 is 0 Å². The van der Waals surface area contributed by atoms with Gasteiger partial charge in [0.2, 0.25) is 0 Å². The second-order valence-corrected chi connectivity index (χ2v) is 10.7. The summed E-state index contributed by atoms with van der Waals surface area (Å²) in [6, 6.07) is 14.9. The number of Topliss-reactive ketones (excluding diaryl/α,β-unsaturated/α-hetero) is 1. The minimum Gasteiger partial charge on any atom is -0.457 e. The van der Waals surface area contributed by atoms with Gasteiger partial charge in [-0.3, -0.25) is 24.3 Å². The van der Waals surface area contributed by atoms with Gasteiger partial charge in [-0.1, -0.05) is 35.1 Å². The van der Waals surface area contributed by atoms with Crippen molar-refractivity contribution in [1.29, 1.82) is 0 Å². The fourth-order valence-electron chi connectivity index (χ4n) is 4.56. The second-order valence-electron chi connectivity index (χ2n) is 9.25. The molecule has 5 rings (SSSR count). The van der Waals surface area contributed by atoms with E-state index in [9.17, 15) is 19.7 Å². The summed E-state index contributed by atoms with van der Waals surface area (Å²) >= 11 is 7.13. The van der Waals surface area contributed by atoms with Crippen LogP contribution in [0.25, 0.3) is 17.4 Å². The molecule has 0 bridgehead atoms. The number of hydrogen-bond acceptors (Lipinski definition) is 8. The van der Waals surface area contributed by atoms with Crippen molar-refractivity contribution in [2.75, 3.05) is 19.0 Å². The number of fused-ring (bicyclic) bond motifs is 1. The number of aromatic nitrogens is 1. The maximum Gasteiger partial charge on any atom is 0.288 e. The molecule has 0 amide bonds. The number of thiazole rings is 1. The van der Waals surface area contributed by atoms with Gasteiger partial charge in [0.1, 0.15) is 16.5 Å². The Morgan fingerprint density at radius 1 is 1.18 bits per heavy atom. The van der Waals surface area contributed by atoms with Crippen molar-refractivity contribution >= 4 is 46.2 Å². The summed E-state index contributed by atoms with van der Waals surface area (Å²) in [6.07, 6.45) is 1.61. The largest absolute Gasteiger partial charge is 0.457 e. The Labute approximate surface area is 231 Å². The van der Waals surface area contributed by atoms with Crippen molar-refractivity contribution in [1.82, 2.24) is 4.57 Å². The molecule has 2 aromatic carbocycles. The standard InChI is InChI=1S/C28H23ClN4O5S/c1-15-25(16(2)34)26(17-5-8-19(9-6-17)31(3)4)32-27(35)24(39-28(32)30-15)14-20-10-12-23(38-20)18-7-11-21(29)22(13-18)33(36)37/h5-14,26H,1-4H3/b24-14+. The number of rotatable bonds is 6. The zero-order chi connectivity index (χ0) is 28.0. The van der Waals surface area contributed by atoms with Gasteiger partial charge in [-0.2, -0.15) is 0 Å². The van der Waals surface area contributed by atoms with E-state index in [-0.39, 0.29) is 22.1 Å². The summed E-state index contributed by atoms with van der Waals surface area (Å²) < 4.78 is 7.83. The fraction of sp³-hybridized carbons (Fsp3) is 0.179. The van der Waals surface area contributed by atoms with Crippen molar-refractivity contribution in [2.24, 2.45) is 4.99 Å². The summed E-state index contributed by atoms with van der Waals surface area (Å²) in [7, 11) is 3.88. The molecule has 0 N–H and O–H groups in total. The van der Waals surface area contributed by atoms with Crippen molar-refractivity contribution in [2.45, 2.75) is 19.9 Å². The Balaban J connectivity index is 1.60. The van der Waals surface area contributed by atoms with Gasteiger partial charge in [0, 0.05) is 48.8 Å². The molecule has 39 heavy (non-hydrogen) atoms. The molecule has 4 aromatic rings. The zero-order valence-electron chi connectivity index (χ0n) is 21.5. The van der Waals surface area contributed by atoms with E-state index in [0.717, 1.165) is 11.3 Å². The molecule has 3 heterocycles. The molecule has 0 saturated heterocycles. The third-order valence-electron chi connectivity index (χ3n) is 6.45. The number of nitro groups is 1. The number of hydrogen-bond donors (Lipinski definition) is 0. The lowest BCUT2D eigenvalue weighted by Crippen LogP contribution is -2.39. The maximum atomic E-state index is 13.7. The lowest BCUT2D eigenvalue weighted by molar-refractivity contribution is -0.384. The van der Waals surface area contributed by atoms with Crippen LogP contribution in [-0.4, -0.2) is 29.4 Å². The zero-order valence-corrected chi connectivity index (χ0v) is 23.0. The minimum absolute atomic E-state index is 0.0303. The van der Waals surface area contributed by atoms with E-state index < -0.39 is 11.0 Å². The van der Waals surface area contributed by atoms with Crippen LogP contribution in [-0.2, 0) is 4.79 Å². The van der Waals surface area contributed by atoms with Gasteiger partial charge in [0.15, 0.2) is 10.6 Å². The highest BCUT2D eigenvalue weighted by Crippen LogP contribution is 2.32. The average Bonchev–Trinajstić information content (AvgIpc) is 3.47. The highest BCUT2D eigenvalue weighted by atomic mass is 35.5. The van der Waals surface area contributed by atoms with Crippen molar-refractivity contribution in [3.05, 3.63) is 112 Å². The average molecular weight is 563 g/mol. The molecule has 198 valence electrons. The smallest absolute Gasteiger partial charge is 0.288 e. The fourth-order valence-corrected chi connectivity index (χ4v) is 5.77. The molecule has 1 aliphatic rings. The van der Waals surface area contributed by atoms with Crippen LogP contribution < -0.4 is 19.8 Å². The first-order chi connectivity index (χ1) is 18.5. The quantitative estimate of drug-likeness (QED) is 0.248. The van der Waals surface area contributed by atoms with E-state index in [1.54, 1.807) is 35.8 Å². The van der Waals surface area contributed by atoms with Crippen LogP contribution in [0.1, 0.15) is 31.2 Å². The van der Waals surface area contributed by atoms with E-state index in [1.165, 1.54) is 30.4 Å². The number of furan rings is 1. The molecule has 0 aliphatic carbocycles. The van der Waals surface area contributed by atoms with Crippen LogP contribution in [0.5, 0.6) is 0 Å². The molecular weight excluding hydrogens is 540 g/mol. The molecule has 0 saturated carbocycles. The highest BCUT2D eigenvalue weighted by molar-refractivity contribution is 7.07. The molecule has 1 unspecified atom stereocenters. The van der Waals surface area contributed by atoms with E-state index in [4.69, 9.17) is 16.0 Å². The summed E-state index contributed by atoms with van der Waals surface area (Å²) in [5.41, 5.74) is 2.79. The number of carbonyl (C=O) groups excluding carboxylic acids is 1. The predicted octanol–water partition coefficient (Wildman–Crippen LogP) is 4.71. The first-order valence-electron chi connectivity index (χ1n) is 11.9. The number of allylic oxidation sites excluding steroid dienone is 2. The van der Waals surface area contributed by atoms with Crippen molar-refractivity contribution in [3.8, 4) is 11.3 Å². The topological polar surface area (TPSA) is 111 Å². The summed E-state index contributed by atoms with van der Waals surface area (Å²) in [4.78, 5) is 44.1. The normalized spacial score (nSPS) is 15.2. The number of anilines is 1. The monoisotopic (exact) mass is 562 g/mol. The minimum atomic E-state index is -0.612. The van der Waals surface area contributed by atoms with Gasteiger partial charge in [-0.25, -0.2) is 4.99 Å². The maximum absolute atomic E-state index is 13.7. The first kappa shape index (κ1) is 26.3. The Morgan fingerprint density at radius 2 is 1.90 bits per heavy atom. The first-order valence-corrected chi connectivity index (χ1v) is 13.1. The molecule has 2 aromatic heterocycles. The van der Waals surface area contributed by atoms with Crippen LogP contribution in [0.15, 0.2) is 80.1 Å². The third kappa shape index (κ3) is 4.84. The summed E-state index contributed by atoms with van der Waals surface area (Å²) in [5.74, 6) is 0.629. The number of ketones is 1. The molecule has 9 nitrogen and oxygen atoms in total. The van der Waals surface area contributed by atoms with Crippen LogP contribution in [0, 0.1) is 10.1 Å². The Hall–Kier alpha value is -4.28. The summed E-state index contributed by atoms with van der Waals surface area (Å²) in [6.45, 7) is 3.26. The van der Waals surface area contributed by atoms with Crippen LogP contribution in [0.4, 0.5) is 11.4 Å². The number of halogens is 1. The second kappa shape index (κ2) is 10.1. The van der Waals surface area contributed by atoms with Crippen molar-refractivity contribution in [3.63, 3.8) is 0 Å². The van der Waals surface area contributed by atoms with Gasteiger partial charge < -0.3 is 9.32 Å². The molecule has 1 atom stereocenters. The van der Waals surface area contributed by atoms with Gasteiger partial charge >= 0.3 is 0 Å². The van der Waals surface area contributed by atoms with Gasteiger partial charge in [-0.05, 0) is 55.8 Å². The molecule has 1 aliphatic heterocycles. The van der Waals surface area contributed by atoms with E-state index in [2.05, 4.69) is 4.99 Å². The number of nitrogens with zero attached hydrogens (tertiary/aromatic N) is 4. The Morgan fingerprint density at radius 3 is 2.54 bits per heavy atom. The Kier molecular flexibility index (Phi) is 6.83. The molecular formula is C28H23ClN4O5S. The van der Waals surface area contributed by atoms with Crippen LogP contribution in [0.2, 0.25) is 5.02 Å². The highest BCUT2D eigenvalue weighted by Gasteiger charge is 2.30. The molecule has 0 radical (unpaired) electrons. The number of benzene rings is 2. The van der Waals surface area contributed by atoms with Gasteiger partial charge in [0.05, 0.1) is 15.5 Å². The molecule has 0 spiro atoms. The number of carbonyl (C=O) groups is 1. The van der Waals surface area contributed by atoms with Crippen LogP contribution in [0.3, 0.4) is 0 Å². The van der Waals surface area contributed by atoms with Crippen molar-refractivity contribution < 1.29 is 14.1 Å². The van der Waals surface area contributed by atoms with E-state index in [0.29, 0.717) is 37.7 Å². The lowest BCUT2D eigenvalue weighted by Gasteiger charge is -2.25. The molecule has 11 heteroatoms. The van der Waals surface area contributed by atoms with E-state index in [1.807, 2.05) is 43.3 Å². The lowest BCUT2D eigenvalue weighted by atomic mass is 9.93. The SMILES string of the molecule is CC(=O)C1=C(C)N=c2s/c(=C/c3ccc(-c4ccc(Cl)c([N+](=O)[O-])c4)o3)c(=O)n2C1c1ccc(N(C)C)cc1. The molecule has 0 fully saturated rings. The van der Waals surface area contributed by atoms with Crippen LogP contribution >= 0.6 is 22.9 Å². The van der Waals surface area contributed by atoms with Gasteiger partial charge in [0.25, 0.3) is 11.2 Å².